The van der Waals surface area contributed by atoms with Crippen molar-refractivity contribution >= 4 is 16.9 Å². The van der Waals surface area contributed by atoms with Crippen molar-refractivity contribution in [1.29, 1.82) is 0 Å². The fraction of sp³-hybridized carbons (Fsp3) is 0.130. The summed E-state index contributed by atoms with van der Waals surface area (Å²) in [7, 11) is 0. The van der Waals surface area contributed by atoms with E-state index in [9.17, 15) is 9.59 Å². The second-order valence-corrected chi connectivity index (χ2v) is 6.87. The summed E-state index contributed by atoms with van der Waals surface area (Å²) >= 11 is 0. The van der Waals surface area contributed by atoms with Gasteiger partial charge in [-0.25, -0.2) is 0 Å². The molecule has 2 aromatic carbocycles. The zero-order chi connectivity index (χ0) is 19.7. The number of carbonyl (C=O) groups excluding carboxylic acids is 1. The minimum atomic E-state index is -0.440. The molecule has 140 valence electrons. The molecule has 0 radical (unpaired) electrons. The fourth-order valence-corrected chi connectivity index (χ4v) is 3.19. The first-order valence-corrected chi connectivity index (χ1v) is 9.11. The van der Waals surface area contributed by atoms with Crippen molar-refractivity contribution in [3.63, 3.8) is 0 Å². The van der Waals surface area contributed by atoms with Crippen LogP contribution < -0.4 is 10.9 Å². The molecular formula is C23H20N2O3. The van der Waals surface area contributed by atoms with Gasteiger partial charge in [0.1, 0.15) is 16.9 Å². The Morgan fingerprint density at radius 3 is 2.61 bits per heavy atom. The van der Waals surface area contributed by atoms with Crippen molar-refractivity contribution in [3.05, 3.63) is 94.0 Å². The number of benzene rings is 2. The lowest BCUT2D eigenvalue weighted by Crippen LogP contribution is -2.31. The largest absolute Gasteiger partial charge is 0.459 e. The molecule has 4 rings (SSSR count). The van der Waals surface area contributed by atoms with E-state index < -0.39 is 11.5 Å². The van der Waals surface area contributed by atoms with E-state index in [1.54, 1.807) is 12.1 Å². The third kappa shape index (κ3) is 3.47. The molecule has 0 aliphatic rings. The number of H-pyrrole nitrogens is 1. The molecular weight excluding hydrogens is 352 g/mol. The van der Waals surface area contributed by atoms with E-state index in [1.165, 1.54) is 0 Å². The Labute approximate surface area is 162 Å². The van der Waals surface area contributed by atoms with Crippen molar-refractivity contribution in [2.24, 2.45) is 0 Å². The van der Waals surface area contributed by atoms with Crippen molar-refractivity contribution in [1.82, 2.24) is 10.3 Å². The normalized spacial score (nSPS) is 12.1. The van der Waals surface area contributed by atoms with Crippen LogP contribution in [0.25, 0.3) is 22.2 Å². The molecule has 4 aromatic rings. The molecule has 0 bridgehead atoms. The van der Waals surface area contributed by atoms with Gasteiger partial charge < -0.3 is 14.7 Å². The number of aromatic nitrogens is 1. The highest BCUT2D eigenvalue weighted by molar-refractivity contribution is 5.94. The minimum Gasteiger partial charge on any atom is -0.459 e. The van der Waals surface area contributed by atoms with Gasteiger partial charge in [0.2, 0.25) is 0 Å². The van der Waals surface area contributed by atoms with Crippen LogP contribution in [0, 0.1) is 6.92 Å². The van der Waals surface area contributed by atoms with Crippen LogP contribution in [0.4, 0.5) is 0 Å². The summed E-state index contributed by atoms with van der Waals surface area (Å²) in [6, 6.07) is 20.3. The summed E-state index contributed by atoms with van der Waals surface area (Å²) in [6.45, 7) is 3.81. The summed E-state index contributed by atoms with van der Waals surface area (Å²) in [5, 5.41) is 3.80. The first-order valence-electron chi connectivity index (χ1n) is 9.11. The topological polar surface area (TPSA) is 75.1 Å². The van der Waals surface area contributed by atoms with Crippen molar-refractivity contribution in [2.75, 3.05) is 0 Å². The Morgan fingerprint density at radius 2 is 1.86 bits per heavy atom. The Hall–Kier alpha value is -3.60. The summed E-state index contributed by atoms with van der Waals surface area (Å²) in [5.74, 6) is 0.201. The number of pyridine rings is 1. The predicted molar refractivity (Wildman–Crippen MR) is 109 cm³/mol. The zero-order valence-electron chi connectivity index (χ0n) is 15.7. The number of carbonyl (C=O) groups is 1. The van der Waals surface area contributed by atoms with Gasteiger partial charge in [0, 0.05) is 11.1 Å². The van der Waals surface area contributed by atoms with E-state index >= 15 is 0 Å². The van der Waals surface area contributed by atoms with Gasteiger partial charge in [-0.15, -0.1) is 0 Å². The molecule has 5 heteroatoms. The minimum absolute atomic E-state index is 0.0689. The smallest absolute Gasteiger partial charge is 0.261 e. The van der Waals surface area contributed by atoms with Crippen LogP contribution >= 0.6 is 0 Å². The van der Waals surface area contributed by atoms with Gasteiger partial charge >= 0.3 is 0 Å². The van der Waals surface area contributed by atoms with Crippen LogP contribution in [-0.2, 0) is 0 Å². The van der Waals surface area contributed by atoms with Crippen LogP contribution in [0.3, 0.4) is 0 Å². The summed E-state index contributed by atoms with van der Waals surface area (Å²) in [4.78, 5) is 27.8. The fourth-order valence-electron chi connectivity index (χ4n) is 3.19. The number of amides is 1. The van der Waals surface area contributed by atoms with Gasteiger partial charge in [0.25, 0.3) is 11.5 Å². The van der Waals surface area contributed by atoms with Gasteiger partial charge in [-0.1, -0.05) is 42.0 Å². The molecule has 0 fully saturated rings. The molecule has 2 aromatic heterocycles. The van der Waals surface area contributed by atoms with E-state index in [-0.39, 0.29) is 11.6 Å². The molecule has 5 nitrogen and oxygen atoms in total. The van der Waals surface area contributed by atoms with Gasteiger partial charge in [-0.2, -0.15) is 0 Å². The number of aryl methyl sites for hydroxylation is 1. The molecule has 0 saturated carbocycles. The molecule has 2 heterocycles. The Balaban J connectivity index is 1.55. The van der Waals surface area contributed by atoms with Crippen LogP contribution in [-0.4, -0.2) is 10.9 Å². The third-order valence-electron chi connectivity index (χ3n) is 4.70. The van der Waals surface area contributed by atoms with Gasteiger partial charge in [-0.3, -0.25) is 9.59 Å². The standard InChI is InChI=1S/C23H20N2O3/c1-14-6-5-8-16(12-14)19-11-10-18(23(27)25-19)22(26)24-15(2)21-13-17-7-3-4-9-20(17)28-21/h3-13,15H,1-2H3,(H,24,26)(H,25,27)/t15-/m0/s1. The average Bonchev–Trinajstić information content (AvgIpc) is 3.12. The molecule has 1 amide bonds. The highest BCUT2D eigenvalue weighted by Crippen LogP contribution is 2.24. The van der Waals surface area contributed by atoms with Crippen molar-refractivity contribution < 1.29 is 9.21 Å². The highest BCUT2D eigenvalue weighted by atomic mass is 16.3. The predicted octanol–water partition coefficient (Wildman–Crippen LogP) is 4.59. The number of aromatic amines is 1. The number of fused-ring (bicyclic) bond motifs is 1. The van der Waals surface area contributed by atoms with Crippen LogP contribution in [0.5, 0.6) is 0 Å². The highest BCUT2D eigenvalue weighted by Gasteiger charge is 2.17. The maximum absolute atomic E-state index is 12.6. The molecule has 0 unspecified atom stereocenters. The number of para-hydroxylation sites is 1. The Kier molecular flexibility index (Phi) is 4.57. The monoisotopic (exact) mass is 372 g/mol. The zero-order valence-corrected chi connectivity index (χ0v) is 15.7. The van der Waals surface area contributed by atoms with Gasteiger partial charge in [0.05, 0.1) is 6.04 Å². The first-order chi connectivity index (χ1) is 13.5. The maximum Gasteiger partial charge on any atom is 0.261 e. The van der Waals surface area contributed by atoms with Crippen LogP contribution in [0.1, 0.15) is 34.6 Å². The van der Waals surface area contributed by atoms with Crippen molar-refractivity contribution in [3.8, 4) is 11.3 Å². The van der Waals surface area contributed by atoms with Crippen LogP contribution in [0.2, 0.25) is 0 Å². The molecule has 2 N–H and O–H groups in total. The molecule has 28 heavy (non-hydrogen) atoms. The number of hydrogen-bond acceptors (Lipinski definition) is 3. The summed E-state index contributed by atoms with van der Waals surface area (Å²) in [6.07, 6.45) is 0. The molecule has 0 saturated heterocycles. The maximum atomic E-state index is 12.6. The molecule has 0 spiro atoms. The Morgan fingerprint density at radius 1 is 1.04 bits per heavy atom. The Bertz CT molecular complexity index is 1190. The van der Waals surface area contributed by atoms with E-state index in [1.807, 2.05) is 68.4 Å². The third-order valence-corrected chi connectivity index (χ3v) is 4.70. The van der Waals surface area contributed by atoms with Gasteiger partial charge in [-0.05, 0) is 49.7 Å². The first kappa shape index (κ1) is 17.8. The quantitative estimate of drug-likeness (QED) is 0.550. The summed E-state index contributed by atoms with van der Waals surface area (Å²) < 4.78 is 5.78. The SMILES string of the molecule is Cc1cccc(-c2ccc(C(=O)N[C@@H](C)c3cc4ccccc4o3)c(=O)[nH]2)c1. The number of furan rings is 1. The lowest BCUT2D eigenvalue weighted by atomic mass is 10.1. The van der Waals surface area contributed by atoms with Crippen LogP contribution in [0.15, 0.2) is 75.9 Å². The van der Waals surface area contributed by atoms with E-state index in [0.29, 0.717) is 11.5 Å². The summed E-state index contributed by atoms with van der Waals surface area (Å²) in [5.41, 5.74) is 3.08. The van der Waals surface area contributed by atoms with Crippen molar-refractivity contribution in [2.45, 2.75) is 19.9 Å². The number of hydrogen-bond donors (Lipinski definition) is 2. The second-order valence-electron chi connectivity index (χ2n) is 6.87. The molecule has 0 aliphatic heterocycles. The van der Waals surface area contributed by atoms with E-state index in [0.717, 1.165) is 22.1 Å². The molecule has 1 atom stereocenters. The lowest BCUT2D eigenvalue weighted by Gasteiger charge is -2.11. The van der Waals surface area contributed by atoms with Gasteiger partial charge in [0.15, 0.2) is 0 Å². The van der Waals surface area contributed by atoms with E-state index in [2.05, 4.69) is 10.3 Å². The average molecular weight is 372 g/mol. The number of nitrogens with one attached hydrogen (secondary N) is 2. The second kappa shape index (κ2) is 7.19. The van der Waals surface area contributed by atoms with E-state index in [4.69, 9.17) is 4.42 Å². The molecule has 0 aliphatic carbocycles. The lowest BCUT2D eigenvalue weighted by molar-refractivity contribution is 0.0934. The number of rotatable bonds is 4.